The molecular weight excluding hydrogens is 256 g/mol. The minimum absolute atomic E-state index is 0.0726. The van der Waals surface area contributed by atoms with Crippen LogP contribution in [0.2, 0.25) is 0 Å². The van der Waals surface area contributed by atoms with Crippen LogP contribution in [0.25, 0.3) is 0 Å². The second kappa shape index (κ2) is 5.48. The van der Waals surface area contributed by atoms with E-state index < -0.39 is 0 Å². The fraction of sp³-hybridized carbons (Fsp3) is 0.667. The number of nitrogens with one attached hydrogen (secondary N) is 1. The van der Waals surface area contributed by atoms with Gasteiger partial charge in [0.1, 0.15) is 0 Å². The summed E-state index contributed by atoms with van der Waals surface area (Å²) in [5.41, 5.74) is 2.51. The molecule has 110 valence electrons. The fourth-order valence-corrected chi connectivity index (χ4v) is 3.02. The molecule has 20 heavy (non-hydrogen) atoms. The molecule has 1 N–H and O–H groups in total. The third kappa shape index (κ3) is 2.68. The summed E-state index contributed by atoms with van der Waals surface area (Å²) < 4.78 is 11.1. The van der Waals surface area contributed by atoms with E-state index in [9.17, 15) is 4.79 Å². The van der Waals surface area contributed by atoms with Crippen molar-refractivity contribution in [2.45, 2.75) is 32.5 Å². The van der Waals surface area contributed by atoms with Crippen LogP contribution in [0.1, 0.15) is 20.3 Å². The Balaban J connectivity index is 1.71. The lowest BCUT2D eigenvalue weighted by Crippen LogP contribution is -2.45. The molecule has 1 aliphatic carbocycles. The standard InChI is InChI=1S/C15H22N2O3/c1-10(2)20-15(18)17-5-3-11-7-13-14(8-12(11)9-17)19-6-4-16-13/h3,7,10,12,14,16H,4-6,8-9H2,1-2H3. The van der Waals surface area contributed by atoms with Gasteiger partial charge < -0.3 is 19.7 Å². The number of rotatable bonds is 1. The predicted octanol–water partition coefficient (Wildman–Crippen LogP) is 1.67. The molecule has 1 saturated heterocycles. The maximum absolute atomic E-state index is 12.0. The number of morpholine rings is 1. The summed E-state index contributed by atoms with van der Waals surface area (Å²) in [5, 5.41) is 3.40. The summed E-state index contributed by atoms with van der Waals surface area (Å²) in [6.45, 7) is 6.74. The summed E-state index contributed by atoms with van der Waals surface area (Å²) in [5.74, 6) is 0.358. The third-order valence-corrected chi connectivity index (χ3v) is 3.97. The molecular formula is C15H22N2O3. The van der Waals surface area contributed by atoms with Crippen LogP contribution in [-0.4, -0.2) is 49.4 Å². The Morgan fingerprint density at radius 1 is 1.55 bits per heavy atom. The maximum atomic E-state index is 12.0. The van der Waals surface area contributed by atoms with E-state index in [1.807, 2.05) is 13.8 Å². The number of hydrogen-bond acceptors (Lipinski definition) is 4. The average molecular weight is 278 g/mol. The Kier molecular flexibility index (Phi) is 3.70. The number of carbonyl (C=O) groups is 1. The zero-order valence-corrected chi connectivity index (χ0v) is 12.1. The minimum Gasteiger partial charge on any atom is -0.447 e. The number of hydrogen-bond donors (Lipinski definition) is 1. The van der Waals surface area contributed by atoms with Gasteiger partial charge in [0.15, 0.2) is 0 Å². The van der Waals surface area contributed by atoms with Gasteiger partial charge in [0.25, 0.3) is 0 Å². The van der Waals surface area contributed by atoms with Crippen LogP contribution in [0.3, 0.4) is 0 Å². The molecule has 2 aliphatic heterocycles. The van der Waals surface area contributed by atoms with Crippen molar-refractivity contribution >= 4 is 6.09 Å². The van der Waals surface area contributed by atoms with Crippen LogP contribution in [-0.2, 0) is 9.47 Å². The van der Waals surface area contributed by atoms with Gasteiger partial charge in [0, 0.05) is 31.2 Å². The van der Waals surface area contributed by atoms with Crippen LogP contribution < -0.4 is 5.32 Å². The van der Waals surface area contributed by atoms with Gasteiger partial charge in [0.2, 0.25) is 0 Å². The second-order valence-electron chi connectivity index (χ2n) is 5.86. The van der Waals surface area contributed by atoms with E-state index in [1.165, 1.54) is 11.3 Å². The van der Waals surface area contributed by atoms with Gasteiger partial charge in [-0.2, -0.15) is 0 Å². The molecule has 0 radical (unpaired) electrons. The fourth-order valence-electron chi connectivity index (χ4n) is 3.02. The lowest BCUT2D eigenvalue weighted by atomic mass is 9.83. The zero-order chi connectivity index (χ0) is 14.1. The van der Waals surface area contributed by atoms with E-state index in [1.54, 1.807) is 4.90 Å². The van der Waals surface area contributed by atoms with Crippen LogP contribution in [0.4, 0.5) is 4.79 Å². The molecule has 1 amide bonds. The molecule has 0 bridgehead atoms. The minimum atomic E-state index is -0.215. The quantitative estimate of drug-likeness (QED) is 0.792. The van der Waals surface area contributed by atoms with Gasteiger partial charge in [-0.15, -0.1) is 0 Å². The van der Waals surface area contributed by atoms with Crippen LogP contribution in [0, 0.1) is 5.92 Å². The molecule has 2 unspecified atom stereocenters. The molecule has 0 aromatic rings. The largest absolute Gasteiger partial charge is 0.447 e. The highest BCUT2D eigenvalue weighted by atomic mass is 16.6. The topological polar surface area (TPSA) is 50.8 Å². The summed E-state index contributed by atoms with van der Waals surface area (Å²) >= 11 is 0. The lowest BCUT2D eigenvalue weighted by molar-refractivity contribution is 0.0296. The molecule has 2 atom stereocenters. The number of nitrogens with zero attached hydrogens (tertiary/aromatic N) is 1. The first-order chi connectivity index (χ1) is 9.63. The van der Waals surface area contributed by atoms with Crippen molar-refractivity contribution in [2.75, 3.05) is 26.2 Å². The van der Waals surface area contributed by atoms with Crippen LogP contribution in [0.15, 0.2) is 23.4 Å². The van der Waals surface area contributed by atoms with Crippen molar-refractivity contribution in [2.24, 2.45) is 5.92 Å². The van der Waals surface area contributed by atoms with Gasteiger partial charge >= 0.3 is 6.09 Å². The number of carbonyl (C=O) groups excluding carboxylic acids is 1. The van der Waals surface area contributed by atoms with E-state index in [0.29, 0.717) is 12.5 Å². The van der Waals surface area contributed by atoms with Crippen molar-refractivity contribution in [1.29, 1.82) is 0 Å². The molecule has 2 heterocycles. The number of allylic oxidation sites excluding steroid dienone is 1. The van der Waals surface area contributed by atoms with Crippen LogP contribution >= 0.6 is 0 Å². The first-order valence-corrected chi connectivity index (χ1v) is 7.36. The molecule has 1 fully saturated rings. The Morgan fingerprint density at radius 3 is 3.20 bits per heavy atom. The van der Waals surface area contributed by atoms with Crippen molar-refractivity contribution < 1.29 is 14.3 Å². The SMILES string of the molecule is CC(C)OC(=O)N1CC=C2C=C3NCCOC3CC2C1. The van der Waals surface area contributed by atoms with Gasteiger partial charge in [-0.05, 0) is 31.9 Å². The molecule has 3 aliphatic rings. The van der Waals surface area contributed by atoms with E-state index in [-0.39, 0.29) is 18.3 Å². The highest BCUT2D eigenvalue weighted by Crippen LogP contribution is 2.33. The molecule has 5 heteroatoms. The molecule has 5 nitrogen and oxygen atoms in total. The molecule has 0 spiro atoms. The molecule has 0 aromatic heterocycles. The van der Waals surface area contributed by atoms with Crippen molar-refractivity contribution in [3.8, 4) is 0 Å². The maximum Gasteiger partial charge on any atom is 0.410 e. The smallest absolute Gasteiger partial charge is 0.410 e. The highest BCUT2D eigenvalue weighted by molar-refractivity contribution is 5.68. The Hall–Kier alpha value is -1.49. The Labute approximate surface area is 119 Å². The first-order valence-electron chi connectivity index (χ1n) is 7.36. The Morgan fingerprint density at radius 2 is 2.40 bits per heavy atom. The van der Waals surface area contributed by atoms with Crippen molar-refractivity contribution in [3.05, 3.63) is 23.4 Å². The van der Waals surface area contributed by atoms with Gasteiger partial charge in [0.05, 0.1) is 18.8 Å². The number of ether oxygens (including phenoxy) is 2. The summed E-state index contributed by atoms with van der Waals surface area (Å²) in [6, 6.07) is 0. The van der Waals surface area contributed by atoms with Gasteiger partial charge in [-0.1, -0.05) is 6.08 Å². The normalized spacial score (nSPS) is 28.9. The first kappa shape index (κ1) is 13.5. The molecule has 0 aromatic carbocycles. The predicted molar refractivity (Wildman–Crippen MR) is 75.2 cm³/mol. The van der Waals surface area contributed by atoms with E-state index in [0.717, 1.165) is 26.1 Å². The lowest BCUT2D eigenvalue weighted by Gasteiger charge is -2.39. The van der Waals surface area contributed by atoms with Crippen molar-refractivity contribution in [3.63, 3.8) is 0 Å². The van der Waals surface area contributed by atoms with Crippen LogP contribution in [0.5, 0.6) is 0 Å². The van der Waals surface area contributed by atoms with E-state index in [2.05, 4.69) is 17.5 Å². The molecule has 0 saturated carbocycles. The second-order valence-corrected chi connectivity index (χ2v) is 5.86. The van der Waals surface area contributed by atoms with E-state index >= 15 is 0 Å². The molecule has 3 rings (SSSR count). The van der Waals surface area contributed by atoms with Gasteiger partial charge in [-0.3, -0.25) is 0 Å². The summed E-state index contributed by atoms with van der Waals surface area (Å²) in [7, 11) is 0. The zero-order valence-electron chi connectivity index (χ0n) is 12.1. The van der Waals surface area contributed by atoms with Gasteiger partial charge in [-0.25, -0.2) is 4.79 Å². The Bertz CT molecular complexity index is 456. The summed E-state index contributed by atoms with van der Waals surface area (Å²) in [4.78, 5) is 13.8. The number of amides is 1. The number of fused-ring (bicyclic) bond motifs is 2. The van der Waals surface area contributed by atoms with Crippen molar-refractivity contribution in [1.82, 2.24) is 10.2 Å². The highest BCUT2D eigenvalue weighted by Gasteiger charge is 2.34. The average Bonchev–Trinajstić information content (AvgIpc) is 2.43. The van der Waals surface area contributed by atoms with E-state index in [4.69, 9.17) is 9.47 Å². The summed E-state index contributed by atoms with van der Waals surface area (Å²) in [6.07, 6.45) is 5.14. The third-order valence-electron chi connectivity index (χ3n) is 3.97. The monoisotopic (exact) mass is 278 g/mol.